The summed E-state index contributed by atoms with van der Waals surface area (Å²) in [4.78, 5) is 2.16. The maximum Gasteiger partial charge on any atom is 0.534 e. The summed E-state index contributed by atoms with van der Waals surface area (Å²) in [7, 11) is -2.77. The summed E-state index contributed by atoms with van der Waals surface area (Å²) in [5, 5.41) is 1.59. The normalized spacial score (nSPS) is 17.9. The van der Waals surface area contributed by atoms with Gasteiger partial charge in [0.15, 0.2) is 0 Å². The van der Waals surface area contributed by atoms with E-state index in [9.17, 15) is 21.6 Å². The van der Waals surface area contributed by atoms with Crippen molar-refractivity contribution >= 4 is 20.9 Å². The minimum absolute atomic E-state index is 0.310. The predicted octanol–water partition coefficient (Wildman–Crippen LogP) is 8.24. The fraction of sp³-hybridized carbons (Fsp3) is 0.353. The minimum Gasteiger partial charge on any atom is -0.497 e. The van der Waals surface area contributed by atoms with Crippen LogP contribution in [0.4, 0.5) is 13.2 Å². The Kier molecular flexibility index (Phi) is 8.24. The summed E-state index contributed by atoms with van der Waals surface area (Å²) < 4.78 is 81.9. The molecule has 44 heavy (non-hydrogen) atoms. The number of benzene rings is 4. The number of nitrogens with zero attached hydrogens (tertiary/aromatic N) is 1. The van der Waals surface area contributed by atoms with E-state index >= 15 is 0 Å². The highest BCUT2D eigenvalue weighted by atomic mass is 32.2. The van der Waals surface area contributed by atoms with Crippen molar-refractivity contribution in [1.29, 1.82) is 0 Å². The lowest BCUT2D eigenvalue weighted by Crippen LogP contribution is -2.34. The van der Waals surface area contributed by atoms with Crippen molar-refractivity contribution in [2.24, 2.45) is 0 Å². The van der Waals surface area contributed by atoms with Gasteiger partial charge in [0, 0.05) is 30.3 Å². The standard InChI is InChI=1S/C34H34F3NO5S/c1-41-26-16-13-25(30(19-26)42-2)20-38-21-28-27(22-9-5-3-6-10-22)17-14-23-15-18-29(43-44(39,40)34(35,36)37)32(31(23)28)33(38)24-11-7-4-8-12-24/h4,7-8,11-19,22,33H,3,5-6,9-10,20-21H2,1-2H3. The second-order valence-electron chi connectivity index (χ2n) is 11.4. The van der Waals surface area contributed by atoms with Crippen molar-refractivity contribution < 1.29 is 35.2 Å². The average molecular weight is 626 g/mol. The lowest BCUT2D eigenvalue weighted by Gasteiger charge is -2.40. The number of hydrogen-bond acceptors (Lipinski definition) is 6. The smallest absolute Gasteiger partial charge is 0.497 e. The van der Waals surface area contributed by atoms with E-state index in [1.54, 1.807) is 26.4 Å². The van der Waals surface area contributed by atoms with E-state index in [2.05, 4.69) is 11.0 Å². The molecule has 1 unspecified atom stereocenters. The molecule has 1 atom stereocenters. The van der Waals surface area contributed by atoms with Crippen LogP contribution in [-0.4, -0.2) is 33.0 Å². The molecule has 1 aliphatic carbocycles. The molecule has 0 saturated heterocycles. The fourth-order valence-corrected chi connectivity index (χ4v) is 7.31. The van der Waals surface area contributed by atoms with Gasteiger partial charge in [-0.3, -0.25) is 4.90 Å². The van der Waals surface area contributed by atoms with Crippen molar-refractivity contribution in [2.45, 2.75) is 62.7 Å². The number of halogens is 3. The van der Waals surface area contributed by atoms with E-state index in [0.29, 0.717) is 36.1 Å². The van der Waals surface area contributed by atoms with E-state index in [0.717, 1.165) is 58.7 Å². The molecular weight excluding hydrogens is 591 g/mol. The number of rotatable bonds is 8. The van der Waals surface area contributed by atoms with Crippen LogP contribution in [0.25, 0.3) is 10.8 Å². The van der Waals surface area contributed by atoms with Crippen LogP contribution in [0.15, 0.2) is 72.8 Å². The summed E-state index contributed by atoms with van der Waals surface area (Å²) in [5.74, 6) is 1.23. The lowest BCUT2D eigenvalue weighted by atomic mass is 9.77. The molecule has 1 heterocycles. The van der Waals surface area contributed by atoms with Crippen LogP contribution in [0.3, 0.4) is 0 Å². The molecule has 1 saturated carbocycles. The first-order valence-electron chi connectivity index (χ1n) is 14.7. The van der Waals surface area contributed by atoms with Crippen LogP contribution in [0.2, 0.25) is 0 Å². The Bertz CT molecular complexity index is 1770. The van der Waals surface area contributed by atoms with Crippen molar-refractivity contribution in [1.82, 2.24) is 4.90 Å². The van der Waals surface area contributed by atoms with Gasteiger partial charge < -0.3 is 13.7 Å². The van der Waals surface area contributed by atoms with E-state index in [1.807, 2.05) is 48.5 Å². The Balaban J connectivity index is 1.60. The number of methoxy groups -OCH3 is 2. The molecule has 232 valence electrons. The van der Waals surface area contributed by atoms with Crippen molar-refractivity contribution in [3.63, 3.8) is 0 Å². The van der Waals surface area contributed by atoms with Gasteiger partial charge in [-0.15, -0.1) is 0 Å². The van der Waals surface area contributed by atoms with Gasteiger partial charge in [0.25, 0.3) is 0 Å². The van der Waals surface area contributed by atoms with Gasteiger partial charge in [-0.25, -0.2) is 0 Å². The zero-order chi connectivity index (χ0) is 31.1. The largest absolute Gasteiger partial charge is 0.534 e. The summed E-state index contributed by atoms with van der Waals surface area (Å²) in [6, 6.07) is 21.5. The van der Waals surface area contributed by atoms with Gasteiger partial charge in [0.2, 0.25) is 0 Å². The van der Waals surface area contributed by atoms with E-state index in [-0.39, 0.29) is 5.75 Å². The topological polar surface area (TPSA) is 65.1 Å². The number of ether oxygens (including phenoxy) is 2. The van der Waals surface area contributed by atoms with E-state index < -0.39 is 21.7 Å². The van der Waals surface area contributed by atoms with Crippen LogP contribution >= 0.6 is 0 Å². The maximum atomic E-state index is 13.7. The maximum absolute atomic E-state index is 13.7. The van der Waals surface area contributed by atoms with E-state index in [4.69, 9.17) is 13.7 Å². The predicted molar refractivity (Wildman–Crippen MR) is 162 cm³/mol. The van der Waals surface area contributed by atoms with Gasteiger partial charge >= 0.3 is 15.6 Å². The highest BCUT2D eigenvalue weighted by molar-refractivity contribution is 7.88. The summed E-state index contributed by atoms with van der Waals surface area (Å²) in [6.45, 7) is 0.868. The fourth-order valence-electron chi connectivity index (χ4n) is 6.83. The molecule has 2 aliphatic rings. The highest BCUT2D eigenvalue weighted by Gasteiger charge is 2.49. The molecule has 6 rings (SSSR count). The van der Waals surface area contributed by atoms with Gasteiger partial charge in [0.05, 0.1) is 20.3 Å². The molecule has 6 nitrogen and oxygen atoms in total. The van der Waals surface area contributed by atoms with Crippen LogP contribution < -0.4 is 13.7 Å². The van der Waals surface area contributed by atoms with Gasteiger partial charge in [-0.2, -0.15) is 21.6 Å². The molecular formula is C34H34F3NO5S. The minimum atomic E-state index is -5.92. The summed E-state index contributed by atoms with van der Waals surface area (Å²) >= 11 is 0. The Labute approximate surface area is 255 Å². The van der Waals surface area contributed by atoms with Crippen molar-refractivity contribution in [3.05, 3.63) is 101 Å². The third-order valence-electron chi connectivity index (χ3n) is 8.84. The molecule has 4 aromatic rings. The molecule has 0 N–H and O–H groups in total. The Morgan fingerprint density at radius 2 is 1.59 bits per heavy atom. The molecule has 10 heteroatoms. The second kappa shape index (κ2) is 12.0. The summed E-state index contributed by atoms with van der Waals surface area (Å²) in [6.07, 6.45) is 5.46. The lowest BCUT2D eigenvalue weighted by molar-refractivity contribution is -0.0500. The van der Waals surface area contributed by atoms with Gasteiger partial charge in [-0.1, -0.05) is 73.9 Å². The third kappa shape index (κ3) is 5.61. The highest BCUT2D eigenvalue weighted by Crippen LogP contribution is 2.50. The molecule has 0 radical (unpaired) electrons. The molecule has 0 spiro atoms. The monoisotopic (exact) mass is 625 g/mol. The van der Waals surface area contributed by atoms with Crippen LogP contribution in [0.1, 0.15) is 71.9 Å². The first kappa shape index (κ1) is 30.3. The van der Waals surface area contributed by atoms with Gasteiger partial charge in [0.1, 0.15) is 17.2 Å². The average Bonchev–Trinajstić information content (AvgIpc) is 3.02. The zero-order valence-electron chi connectivity index (χ0n) is 24.6. The Hall–Kier alpha value is -3.76. The molecule has 0 amide bonds. The summed E-state index contributed by atoms with van der Waals surface area (Å²) in [5.41, 5.74) is -1.35. The third-order valence-corrected chi connectivity index (χ3v) is 9.81. The van der Waals surface area contributed by atoms with Crippen molar-refractivity contribution in [3.8, 4) is 17.2 Å². The second-order valence-corrected chi connectivity index (χ2v) is 13.0. The molecule has 1 aliphatic heterocycles. The number of alkyl halides is 3. The van der Waals surface area contributed by atoms with Gasteiger partial charge in [-0.05, 0) is 58.4 Å². The SMILES string of the molecule is COc1ccc(CN2Cc3c(C4CCCCC4)ccc4ccc(OS(=O)(=O)C(F)(F)F)c(c34)C2c2ccccc2)c(OC)c1. The first-order valence-corrected chi connectivity index (χ1v) is 16.1. The molecule has 0 bridgehead atoms. The molecule has 4 aromatic carbocycles. The van der Waals surface area contributed by atoms with Crippen molar-refractivity contribution in [2.75, 3.05) is 14.2 Å². The number of hydrogen-bond donors (Lipinski definition) is 0. The zero-order valence-corrected chi connectivity index (χ0v) is 25.4. The Morgan fingerprint density at radius 1 is 0.864 bits per heavy atom. The quantitative estimate of drug-likeness (QED) is 0.145. The van der Waals surface area contributed by atoms with E-state index in [1.165, 1.54) is 12.5 Å². The van der Waals surface area contributed by atoms with Crippen LogP contribution in [-0.2, 0) is 23.2 Å². The molecule has 1 fully saturated rings. The first-order chi connectivity index (χ1) is 21.1. The van der Waals surface area contributed by atoms with Crippen LogP contribution in [0, 0.1) is 0 Å². The molecule has 0 aromatic heterocycles. The van der Waals surface area contributed by atoms with Crippen LogP contribution in [0.5, 0.6) is 17.2 Å². The Morgan fingerprint density at radius 3 is 2.27 bits per heavy atom.